The Morgan fingerprint density at radius 1 is 1.52 bits per heavy atom. The Labute approximate surface area is 129 Å². The van der Waals surface area contributed by atoms with Gasteiger partial charge < -0.3 is 14.7 Å². The van der Waals surface area contributed by atoms with E-state index in [0.29, 0.717) is 23.6 Å². The van der Waals surface area contributed by atoms with Gasteiger partial charge in [-0.1, -0.05) is 30.3 Å². The van der Waals surface area contributed by atoms with E-state index < -0.39 is 11.6 Å². The van der Waals surface area contributed by atoms with E-state index >= 15 is 0 Å². The van der Waals surface area contributed by atoms with Crippen molar-refractivity contribution in [3.8, 4) is 0 Å². The molecule has 5 nitrogen and oxygen atoms in total. The van der Waals surface area contributed by atoms with Gasteiger partial charge in [0.15, 0.2) is 6.61 Å². The number of halogens is 1. The van der Waals surface area contributed by atoms with Crippen molar-refractivity contribution in [1.82, 2.24) is 0 Å². The lowest BCUT2D eigenvalue weighted by molar-refractivity contribution is -0.157. The van der Waals surface area contributed by atoms with Crippen LogP contribution in [0.5, 0.6) is 0 Å². The molecule has 0 saturated heterocycles. The molecule has 0 radical (unpaired) electrons. The summed E-state index contributed by atoms with van der Waals surface area (Å²) in [5, 5.41) is 14.5. The van der Waals surface area contributed by atoms with E-state index in [9.17, 15) is 9.90 Å². The van der Waals surface area contributed by atoms with Crippen LogP contribution in [0.1, 0.15) is 45.4 Å². The third-order valence-electron chi connectivity index (χ3n) is 3.83. The second-order valence-corrected chi connectivity index (χ2v) is 5.99. The lowest BCUT2D eigenvalue weighted by Gasteiger charge is -2.33. The molecule has 1 heterocycles. The van der Waals surface area contributed by atoms with Gasteiger partial charge in [-0.2, -0.15) is 0 Å². The van der Waals surface area contributed by atoms with E-state index in [4.69, 9.17) is 21.2 Å². The fraction of sp³-hybridized carbons (Fsp3) is 0.600. The van der Waals surface area contributed by atoms with Gasteiger partial charge in [-0.05, 0) is 32.1 Å². The maximum atomic E-state index is 12.2. The van der Waals surface area contributed by atoms with Crippen LogP contribution in [-0.4, -0.2) is 29.0 Å². The zero-order chi connectivity index (χ0) is 15.5. The molecule has 1 aliphatic carbocycles. The number of aliphatic hydroxyl groups excluding tert-OH is 1. The molecule has 0 aromatic carbocycles. The summed E-state index contributed by atoms with van der Waals surface area (Å²) in [6, 6.07) is 0. The van der Waals surface area contributed by atoms with Crippen molar-refractivity contribution in [3.63, 3.8) is 0 Å². The molecule has 0 aromatic rings. The van der Waals surface area contributed by atoms with Crippen LogP contribution in [0.2, 0.25) is 0 Å². The first-order valence-corrected chi connectivity index (χ1v) is 7.53. The SMILES string of the molecule is C=C(Cl)CO/N=C(\CC)C1=C(O)CC2(CCCC2)OC1=O. The molecule has 1 spiro atoms. The zero-order valence-corrected chi connectivity index (χ0v) is 12.9. The molecule has 0 aromatic heterocycles. The van der Waals surface area contributed by atoms with Gasteiger partial charge in [0.2, 0.25) is 0 Å². The normalized spacial score (nSPS) is 21.6. The molecular weight excluding hydrogens is 294 g/mol. The van der Waals surface area contributed by atoms with Crippen molar-refractivity contribution in [2.45, 2.75) is 51.0 Å². The van der Waals surface area contributed by atoms with Crippen molar-refractivity contribution >= 4 is 23.3 Å². The standard InChI is InChI=1S/C15H20ClNO4/c1-3-11(17-20-9-10(2)16)13-12(18)8-15(21-14(13)19)6-4-5-7-15/h18H,2-9H2,1H3/b17-11+. The molecule has 1 fully saturated rings. The number of hydrogen-bond donors (Lipinski definition) is 1. The van der Waals surface area contributed by atoms with Gasteiger partial charge in [-0.25, -0.2) is 4.79 Å². The summed E-state index contributed by atoms with van der Waals surface area (Å²) in [4.78, 5) is 17.3. The molecule has 6 heteroatoms. The number of oxime groups is 1. The highest BCUT2D eigenvalue weighted by atomic mass is 35.5. The molecule has 2 aliphatic rings. The molecule has 1 saturated carbocycles. The Hall–Kier alpha value is -1.49. The van der Waals surface area contributed by atoms with Crippen LogP contribution in [0.15, 0.2) is 28.1 Å². The van der Waals surface area contributed by atoms with Gasteiger partial charge in [0.25, 0.3) is 0 Å². The molecule has 2 rings (SSSR count). The highest BCUT2D eigenvalue weighted by Gasteiger charge is 2.44. The predicted octanol–water partition coefficient (Wildman–Crippen LogP) is 3.59. The maximum absolute atomic E-state index is 12.2. The summed E-state index contributed by atoms with van der Waals surface area (Å²) in [5.41, 5.74) is -0.0344. The fourth-order valence-corrected chi connectivity index (χ4v) is 2.89. The third-order valence-corrected chi connectivity index (χ3v) is 3.93. The molecule has 116 valence electrons. The Morgan fingerprint density at radius 3 is 2.71 bits per heavy atom. The van der Waals surface area contributed by atoms with Gasteiger partial charge in [0, 0.05) is 6.42 Å². The molecule has 0 amide bonds. The summed E-state index contributed by atoms with van der Waals surface area (Å²) < 4.78 is 5.59. The van der Waals surface area contributed by atoms with Crippen molar-refractivity contribution in [2.75, 3.05) is 6.61 Å². The predicted molar refractivity (Wildman–Crippen MR) is 80.2 cm³/mol. The van der Waals surface area contributed by atoms with Crippen LogP contribution in [0.4, 0.5) is 0 Å². The Morgan fingerprint density at radius 2 is 2.19 bits per heavy atom. The van der Waals surface area contributed by atoms with E-state index in [-0.39, 0.29) is 17.9 Å². The van der Waals surface area contributed by atoms with Crippen LogP contribution in [-0.2, 0) is 14.4 Å². The summed E-state index contributed by atoms with van der Waals surface area (Å²) >= 11 is 5.59. The van der Waals surface area contributed by atoms with Gasteiger partial charge in [0.1, 0.15) is 16.9 Å². The highest BCUT2D eigenvalue weighted by Crippen LogP contribution is 2.42. The topological polar surface area (TPSA) is 68.1 Å². The van der Waals surface area contributed by atoms with E-state index in [1.807, 2.05) is 6.92 Å². The number of nitrogens with zero attached hydrogens (tertiary/aromatic N) is 1. The number of esters is 1. The lowest BCUT2D eigenvalue weighted by atomic mass is 9.90. The second-order valence-electron chi connectivity index (χ2n) is 5.46. The molecule has 1 N–H and O–H groups in total. The average Bonchev–Trinajstić information content (AvgIpc) is 2.83. The Kier molecular flexibility index (Phi) is 4.93. The lowest BCUT2D eigenvalue weighted by Crippen LogP contribution is -2.39. The minimum atomic E-state index is -0.519. The molecular formula is C15H20ClNO4. The third kappa shape index (κ3) is 3.59. The quantitative estimate of drug-likeness (QED) is 0.478. The van der Waals surface area contributed by atoms with Crippen LogP contribution in [0.25, 0.3) is 0 Å². The first-order valence-electron chi connectivity index (χ1n) is 7.15. The highest BCUT2D eigenvalue weighted by molar-refractivity contribution is 6.29. The number of aliphatic hydroxyl groups is 1. The van der Waals surface area contributed by atoms with E-state index in [1.54, 1.807) is 0 Å². The summed E-state index contributed by atoms with van der Waals surface area (Å²) in [6.45, 7) is 5.36. The largest absolute Gasteiger partial charge is 0.511 e. The maximum Gasteiger partial charge on any atom is 0.344 e. The molecule has 21 heavy (non-hydrogen) atoms. The fourth-order valence-electron chi connectivity index (χ4n) is 2.84. The average molecular weight is 314 g/mol. The number of ether oxygens (including phenoxy) is 1. The van der Waals surface area contributed by atoms with Crippen molar-refractivity contribution in [2.24, 2.45) is 5.16 Å². The van der Waals surface area contributed by atoms with Crippen molar-refractivity contribution in [3.05, 3.63) is 22.9 Å². The van der Waals surface area contributed by atoms with Gasteiger partial charge in [-0.15, -0.1) is 0 Å². The first-order chi connectivity index (χ1) is 9.97. The second kappa shape index (κ2) is 6.52. The number of rotatable bonds is 5. The minimum absolute atomic E-state index is 0.0436. The van der Waals surface area contributed by atoms with E-state index in [2.05, 4.69) is 11.7 Å². The molecule has 0 bridgehead atoms. The molecule has 0 unspecified atom stereocenters. The van der Waals surface area contributed by atoms with Crippen molar-refractivity contribution < 1.29 is 19.5 Å². The van der Waals surface area contributed by atoms with Gasteiger partial charge in [0.05, 0.1) is 10.7 Å². The van der Waals surface area contributed by atoms with Gasteiger partial charge >= 0.3 is 5.97 Å². The number of carbonyl (C=O) groups excluding carboxylic acids is 1. The Balaban J connectivity index is 2.19. The van der Waals surface area contributed by atoms with E-state index in [1.165, 1.54) is 0 Å². The molecule has 0 atom stereocenters. The number of hydrogen-bond acceptors (Lipinski definition) is 5. The zero-order valence-electron chi connectivity index (χ0n) is 12.2. The summed E-state index contributed by atoms with van der Waals surface area (Å²) in [5.74, 6) is -0.475. The van der Waals surface area contributed by atoms with Crippen molar-refractivity contribution in [1.29, 1.82) is 0 Å². The first kappa shape index (κ1) is 15.9. The van der Waals surface area contributed by atoms with Crippen LogP contribution in [0, 0.1) is 0 Å². The monoisotopic (exact) mass is 313 g/mol. The minimum Gasteiger partial charge on any atom is -0.511 e. The summed E-state index contributed by atoms with van der Waals surface area (Å²) in [6.07, 6.45) is 4.44. The summed E-state index contributed by atoms with van der Waals surface area (Å²) in [7, 11) is 0. The molecule has 1 aliphatic heterocycles. The number of carbonyl (C=O) groups is 1. The van der Waals surface area contributed by atoms with Crippen LogP contribution < -0.4 is 0 Å². The van der Waals surface area contributed by atoms with E-state index in [0.717, 1.165) is 25.7 Å². The van der Waals surface area contributed by atoms with Crippen LogP contribution in [0.3, 0.4) is 0 Å². The van der Waals surface area contributed by atoms with Gasteiger partial charge in [-0.3, -0.25) is 0 Å². The van der Waals surface area contributed by atoms with Crippen LogP contribution >= 0.6 is 11.6 Å². The smallest absolute Gasteiger partial charge is 0.344 e. The Bertz CT molecular complexity index is 504.